The quantitative estimate of drug-likeness (QED) is 0.684. The molecule has 0 fully saturated rings. The molecule has 0 saturated carbocycles. The van der Waals surface area contributed by atoms with Gasteiger partial charge in [0.05, 0.1) is 0 Å². The van der Waals surface area contributed by atoms with E-state index in [1.807, 2.05) is 38.1 Å². The maximum absolute atomic E-state index is 11.5. The summed E-state index contributed by atoms with van der Waals surface area (Å²) in [5.41, 5.74) is 7.29. The largest absolute Gasteiger partial charge is 0.389 e. The van der Waals surface area contributed by atoms with E-state index < -0.39 is 0 Å². The van der Waals surface area contributed by atoms with Gasteiger partial charge in [-0.1, -0.05) is 24.4 Å². The van der Waals surface area contributed by atoms with E-state index in [9.17, 15) is 4.79 Å². The number of carbonyl (C=O) groups excluding carboxylic acids is 1. The molecule has 1 aromatic rings. The number of nitrogens with two attached hydrogens (primary N) is 1. The highest BCUT2D eigenvalue weighted by Gasteiger charge is 2.05. The second-order valence-electron chi connectivity index (χ2n) is 4.31. The molecule has 0 aliphatic rings. The molecule has 1 aromatic carbocycles. The Hall–Kier alpha value is -1.62. The average Bonchev–Trinajstić information content (AvgIpc) is 2.28. The highest BCUT2D eigenvalue weighted by molar-refractivity contribution is 7.80. The molecule has 4 nitrogen and oxygen atoms in total. The highest BCUT2D eigenvalue weighted by Crippen LogP contribution is 2.14. The van der Waals surface area contributed by atoms with Crippen LogP contribution in [0.2, 0.25) is 0 Å². The number of rotatable bonds is 6. The Balaban J connectivity index is 2.49. The first-order valence-electron chi connectivity index (χ1n) is 5.92. The van der Waals surface area contributed by atoms with Crippen LogP contribution in [0.5, 0.6) is 0 Å². The van der Waals surface area contributed by atoms with Gasteiger partial charge in [0.1, 0.15) is 4.99 Å². The van der Waals surface area contributed by atoms with Crippen molar-refractivity contribution < 1.29 is 4.79 Å². The minimum atomic E-state index is 0.0327. The Morgan fingerprint density at radius 1 is 1.39 bits per heavy atom. The van der Waals surface area contributed by atoms with Crippen molar-refractivity contribution in [3.63, 3.8) is 0 Å². The van der Waals surface area contributed by atoms with E-state index in [0.717, 1.165) is 11.3 Å². The second kappa shape index (κ2) is 6.96. The Kier molecular flexibility index (Phi) is 5.58. The first kappa shape index (κ1) is 14.4. The van der Waals surface area contributed by atoms with Gasteiger partial charge in [-0.05, 0) is 26.0 Å². The van der Waals surface area contributed by atoms with Crippen LogP contribution in [0, 0.1) is 0 Å². The SMILES string of the molecule is CC(C)NC(=O)CCNc1ccccc1C(N)=S. The minimum Gasteiger partial charge on any atom is -0.389 e. The average molecular weight is 265 g/mol. The number of nitrogens with one attached hydrogen (secondary N) is 2. The number of para-hydroxylation sites is 1. The zero-order valence-electron chi connectivity index (χ0n) is 10.7. The van der Waals surface area contributed by atoms with E-state index in [1.54, 1.807) is 0 Å². The van der Waals surface area contributed by atoms with Crippen molar-refractivity contribution >= 4 is 28.8 Å². The van der Waals surface area contributed by atoms with Crippen molar-refractivity contribution in [3.05, 3.63) is 29.8 Å². The lowest BCUT2D eigenvalue weighted by atomic mass is 10.1. The van der Waals surface area contributed by atoms with Gasteiger partial charge in [0.2, 0.25) is 5.91 Å². The van der Waals surface area contributed by atoms with Crippen molar-refractivity contribution in [1.82, 2.24) is 5.32 Å². The topological polar surface area (TPSA) is 67.2 Å². The molecule has 0 saturated heterocycles. The summed E-state index contributed by atoms with van der Waals surface area (Å²) in [5, 5.41) is 6.01. The summed E-state index contributed by atoms with van der Waals surface area (Å²) in [5.74, 6) is 0.0327. The van der Waals surface area contributed by atoms with Crippen LogP contribution < -0.4 is 16.4 Å². The van der Waals surface area contributed by atoms with Crippen molar-refractivity contribution in [2.24, 2.45) is 5.73 Å². The third kappa shape index (κ3) is 4.71. The lowest BCUT2D eigenvalue weighted by Crippen LogP contribution is -2.31. The van der Waals surface area contributed by atoms with Gasteiger partial charge >= 0.3 is 0 Å². The molecule has 0 atom stereocenters. The van der Waals surface area contributed by atoms with Crippen molar-refractivity contribution in [1.29, 1.82) is 0 Å². The van der Waals surface area contributed by atoms with Crippen LogP contribution in [0.25, 0.3) is 0 Å². The Labute approximate surface area is 113 Å². The normalized spacial score (nSPS) is 10.2. The van der Waals surface area contributed by atoms with Gasteiger partial charge in [-0.3, -0.25) is 4.79 Å². The summed E-state index contributed by atoms with van der Waals surface area (Å²) in [6.45, 7) is 4.43. The summed E-state index contributed by atoms with van der Waals surface area (Å²) in [7, 11) is 0. The Bertz CT molecular complexity index is 432. The maximum atomic E-state index is 11.5. The van der Waals surface area contributed by atoms with Gasteiger partial charge in [0.15, 0.2) is 0 Å². The molecule has 0 aliphatic heterocycles. The first-order chi connectivity index (χ1) is 8.50. The summed E-state index contributed by atoms with van der Waals surface area (Å²) < 4.78 is 0. The van der Waals surface area contributed by atoms with Crippen LogP contribution in [0.3, 0.4) is 0 Å². The van der Waals surface area contributed by atoms with Crippen LogP contribution in [0.4, 0.5) is 5.69 Å². The molecular formula is C13H19N3OS. The highest BCUT2D eigenvalue weighted by atomic mass is 32.1. The van der Waals surface area contributed by atoms with Gasteiger partial charge < -0.3 is 16.4 Å². The number of amides is 1. The van der Waals surface area contributed by atoms with Crippen molar-refractivity contribution in [2.45, 2.75) is 26.3 Å². The Morgan fingerprint density at radius 2 is 2.06 bits per heavy atom. The maximum Gasteiger partial charge on any atom is 0.221 e. The number of benzene rings is 1. The van der Waals surface area contributed by atoms with Crippen LogP contribution >= 0.6 is 12.2 Å². The summed E-state index contributed by atoms with van der Waals surface area (Å²) in [6, 6.07) is 7.71. The molecule has 5 heteroatoms. The second-order valence-corrected chi connectivity index (χ2v) is 4.75. The third-order valence-electron chi connectivity index (χ3n) is 2.31. The molecule has 18 heavy (non-hydrogen) atoms. The molecule has 0 spiro atoms. The van der Waals surface area contributed by atoms with Gasteiger partial charge in [-0.15, -0.1) is 0 Å². The first-order valence-corrected chi connectivity index (χ1v) is 6.33. The standard InChI is InChI=1S/C13H19N3OS/c1-9(2)16-12(17)7-8-15-11-6-4-3-5-10(11)13(14)18/h3-6,9,15H,7-8H2,1-2H3,(H2,14,18)(H,16,17). The molecule has 0 radical (unpaired) electrons. The van der Waals surface area contributed by atoms with Crippen LogP contribution in [-0.2, 0) is 4.79 Å². The number of carbonyl (C=O) groups is 1. The molecule has 0 bridgehead atoms. The smallest absolute Gasteiger partial charge is 0.221 e. The number of hydrogen-bond donors (Lipinski definition) is 3. The van der Waals surface area contributed by atoms with E-state index in [1.165, 1.54) is 0 Å². The number of hydrogen-bond acceptors (Lipinski definition) is 3. The molecule has 1 amide bonds. The molecule has 0 aromatic heterocycles. The lowest BCUT2D eigenvalue weighted by Gasteiger charge is -2.12. The molecule has 0 aliphatic carbocycles. The minimum absolute atomic E-state index is 0.0327. The van der Waals surface area contributed by atoms with Crippen LogP contribution in [0.15, 0.2) is 24.3 Å². The van der Waals surface area contributed by atoms with Gasteiger partial charge in [0.25, 0.3) is 0 Å². The fourth-order valence-electron chi connectivity index (χ4n) is 1.56. The van der Waals surface area contributed by atoms with Crippen LogP contribution in [0.1, 0.15) is 25.8 Å². The molecular weight excluding hydrogens is 246 g/mol. The Morgan fingerprint density at radius 3 is 2.67 bits per heavy atom. The van der Waals surface area contributed by atoms with Gasteiger partial charge in [-0.25, -0.2) is 0 Å². The van der Waals surface area contributed by atoms with Gasteiger partial charge in [0, 0.05) is 30.3 Å². The lowest BCUT2D eigenvalue weighted by molar-refractivity contribution is -0.121. The van der Waals surface area contributed by atoms with Crippen molar-refractivity contribution in [2.75, 3.05) is 11.9 Å². The fraction of sp³-hybridized carbons (Fsp3) is 0.385. The molecule has 0 heterocycles. The molecule has 98 valence electrons. The number of anilines is 1. The molecule has 1 rings (SSSR count). The van der Waals surface area contributed by atoms with E-state index in [2.05, 4.69) is 10.6 Å². The van der Waals surface area contributed by atoms with E-state index in [4.69, 9.17) is 18.0 Å². The third-order valence-corrected chi connectivity index (χ3v) is 2.53. The zero-order valence-corrected chi connectivity index (χ0v) is 11.5. The monoisotopic (exact) mass is 265 g/mol. The van der Waals surface area contributed by atoms with Gasteiger partial charge in [-0.2, -0.15) is 0 Å². The predicted octanol–water partition coefficient (Wildman–Crippen LogP) is 1.65. The van der Waals surface area contributed by atoms with Crippen LogP contribution in [-0.4, -0.2) is 23.5 Å². The van der Waals surface area contributed by atoms with E-state index in [0.29, 0.717) is 18.0 Å². The zero-order chi connectivity index (χ0) is 13.5. The van der Waals surface area contributed by atoms with Crippen molar-refractivity contribution in [3.8, 4) is 0 Å². The fourth-order valence-corrected chi connectivity index (χ4v) is 1.73. The molecule has 0 unspecified atom stereocenters. The number of thiocarbonyl (C=S) groups is 1. The molecule has 4 N–H and O–H groups in total. The predicted molar refractivity (Wildman–Crippen MR) is 78.7 cm³/mol. The summed E-state index contributed by atoms with van der Waals surface area (Å²) in [4.78, 5) is 11.8. The summed E-state index contributed by atoms with van der Waals surface area (Å²) in [6.07, 6.45) is 0.420. The van der Waals surface area contributed by atoms with E-state index >= 15 is 0 Å². The van der Waals surface area contributed by atoms with E-state index in [-0.39, 0.29) is 11.9 Å². The summed E-state index contributed by atoms with van der Waals surface area (Å²) >= 11 is 4.97.